The van der Waals surface area contributed by atoms with Crippen molar-refractivity contribution in [3.05, 3.63) is 34.8 Å². The molecule has 0 bridgehead atoms. The number of aromatic carboxylic acids is 1. The number of likely N-dealkylation sites (tertiary alicyclic amines) is 1. The summed E-state index contributed by atoms with van der Waals surface area (Å²) < 4.78 is 6.14. The van der Waals surface area contributed by atoms with E-state index in [1.165, 1.54) is 28.5 Å². The number of carboxylic acids is 1. The Kier molecular flexibility index (Phi) is 6.79. The van der Waals surface area contributed by atoms with E-state index < -0.39 is 5.97 Å². The van der Waals surface area contributed by atoms with Crippen LogP contribution in [0.5, 0.6) is 5.75 Å². The topological polar surface area (TPSA) is 91.8 Å². The van der Waals surface area contributed by atoms with Crippen LogP contribution in [0, 0.1) is 6.92 Å². The predicted molar refractivity (Wildman–Crippen MR) is 111 cm³/mol. The maximum atomic E-state index is 12.3. The van der Waals surface area contributed by atoms with E-state index in [-0.39, 0.29) is 17.6 Å². The van der Waals surface area contributed by atoms with Crippen LogP contribution < -0.4 is 10.1 Å². The molecule has 9 heteroatoms. The number of anilines is 1. The van der Waals surface area contributed by atoms with Gasteiger partial charge in [0, 0.05) is 36.7 Å². The summed E-state index contributed by atoms with van der Waals surface area (Å²) >= 11 is 2.80. The van der Waals surface area contributed by atoms with Crippen LogP contribution in [-0.4, -0.2) is 58.9 Å². The molecule has 1 amide bonds. The van der Waals surface area contributed by atoms with E-state index in [9.17, 15) is 9.59 Å². The lowest BCUT2D eigenvalue weighted by atomic mass is 10.1. The van der Waals surface area contributed by atoms with Crippen molar-refractivity contribution >= 4 is 40.7 Å². The zero-order chi connectivity index (χ0) is 20.1. The van der Waals surface area contributed by atoms with Crippen LogP contribution in [0.1, 0.15) is 28.9 Å². The van der Waals surface area contributed by atoms with Crippen LogP contribution in [0.25, 0.3) is 0 Å². The molecule has 2 aromatic rings. The Morgan fingerprint density at radius 3 is 3.04 bits per heavy atom. The number of rotatable bonds is 9. The van der Waals surface area contributed by atoms with E-state index in [1.807, 2.05) is 30.0 Å². The van der Waals surface area contributed by atoms with Crippen LogP contribution in [0.2, 0.25) is 0 Å². The molecular formula is C19H23N3O4S2. The molecular weight excluding hydrogens is 398 g/mol. The Labute approximate surface area is 172 Å². The van der Waals surface area contributed by atoms with E-state index in [1.54, 1.807) is 7.11 Å². The fraction of sp³-hybridized carbons (Fsp3) is 0.421. The smallest absolute Gasteiger partial charge is 0.355 e. The number of ether oxygens (including phenoxy) is 1. The number of hydrogen-bond donors (Lipinski definition) is 2. The molecule has 0 saturated carbocycles. The van der Waals surface area contributed by atoms with Gasteiger partial charge < -0.3 is 20.1 Å². The minimum absolute atomic E-state index is 0.0685. The normalized spacial score (nSPS) is 16.4. The highest BCUT2D eigenvalue weighted by molar-refractivity contribution is 8.01. The molecule has 0 aliphatic carbocycles. The molecule has 1 aromatic heterocycles. The third-order valence-electron chi connectivity index (χ3n) is 4.68. The molecule has 1 fully saturated rings. The van der Waals surface area contributed by atoms with E-state index in [0.717, 1.165) is 23.4 Å². The van der Waals surface area contributed by atoms with Gasteiger partial charge in [0.15, 0.2) is 10.0 Å². The number of thiazole rings is 1. The molecule has 150 valence electrons. The van der Waals surface area contributed by atoms with Gasteiger partial charge in [-0.15, -0.1) is 11.3 Å². The summed E-state index contributed by atoms with van der Waals surface area (Å²) in [7, 11) is 1.65. The highest BCUT2D eigenvalue weighted by atomic mass is 32.2. The highest BCUT2D eigenvalue weighted by Gasteiger charge is 2.30. The number of nitrogens with zero attached hydrogens (tertiary/aromatic N) is 2. The second kappa shape index (κ2) is 9.29. The first kappa shape index (κ1) is 20.5. The first-order valence-electron chi connectivity index (χ1n) is 8.98. The number of carbonyl (C=O) groups is 2. The number of para-hydroxylation sites is 1. The van der Waals surface area contributed by atoms with Gasteiger partial charge >= 0.3 is 5.97 Å². The first-order chi connectivity index (χ1) is 13.5. The van der Waals surface area contributed by atoms with Gasteiger partial charge in [-0.25, -0.2) is 9.78 Å². The minimum Gasteiger partial charge on any atom is -0.495 e. The van der Waals surface area contributed by atoms with Crippen molar-refractivity contribution in [2.75, 3.05) is 31.3 Å². The number of benzene rings is 1. The molecule has 28 heavy (non-hydrogen) atoms. The van der Waals surface area contributed by atoms with Gasteiger partial charge in [-0.1, -0.05) is 23.9 Å². The quantitative estimate of drug-likeness (QED) is 0.600. The maximum absolute atomic E-state index is 12.3. The second-order valence-corrected chi connectivity index (χ2v) is 8.67. The van der Waals surface area contributed by atoms with Gasteiger partial charge in [0.2, 0.25) is 5.91 Å². The second-order valence-electron chi connectivity index (χ2n) is 6.46. The van der Waals surface area contributed by atoms with Crippen molar-refractivity contribution in [1.82, 2.24) is 9.88 Å². The fourth-order valence-corrected chi connectivity index (χ4v) is 5.03. The lowest BCUT2D eigenvalue weighted by Crippen LogP contribution is -2.39. The van der Waals surface area contributed by atoms with E-state index in [4.69, 9.17) is 9.84 Å². The molecule has 1 aliphatic heterocycles. The number of hydrogen-bond acceptors (Lipinski definition) is 7. The van der Waals surface area contributed by atoms with Crippen LogP contribution in [-0.2, 0) is 4.79 Å². The Bertz CT molecular complexity index is 855. The predicted octanol–water partition coefficient (Wildman–Crippen LogP) is 3.35. The van der Waals surface area contributed by atoms with Gasteiger partial charge in [-0.3, -0.25) is 4.79 Å². The Morgan fingerprint density at radius 1 is 1.50 bits per heavy atom. The van der Waals surface area contributed by atoms with Crippen molar-refractivity contribution in [2.45, 2.75) is 30.1 Å². The monoisotopic (exact) mass is 421 g/mol. The molecule has 0 unspecified atom stereocenters. The first-order valence-corrected chi connectivity index (χ1v) is 10.8. The summed E-state index contributed by atoms with van der Waals surface area (Å²) in [4.78, 5) is 29.2. The standard InChI is InChI=1S/C19H23N3O4S2/c1-12-4-3-5-15(26-2)17(12)20-10-13-6-7-16(23)22(13)8-9-27-19-21-14(11-28-19)18(24)25/h3-5,11,13,20H,6-10H2,1-2H3,(H,24,25)/t13-/m1/s1. The number of methoxy groups -OCH3 is 1. The van der Waals surface area contributed by atoms with Crippen molar-refractivity contribution < 1.29 is 19.4 Å². The average Bonchev–Trinajstić information content (AvgIpc) is 3.28. The van der Waals surface area contributed by atoms with Crippen LogP contribution in [0.4, 0.5) is 5.69 Å². The van der Waals surface area contributed by atoms with Crippen molar-refractivity contribution in [2.24, 2.45) is 0 Å². The van der Waals surface area contributed by atoms with E-state index in [0.29, 0.717) is 29.6 Å². The summed E-state index contributed by atoms with van der Waals surface area (Å²) in [6.45, 7) is 3.30. The number of aromatic nitrogens is 1. The summed E-state index contributed by atoms with van der Waals surface area (Å²) in [5.74, 6) is 0.622. The minimum atomic E-state index is -1.02. The van der Waals surface area contributed by atoms with E-state index >= 15 is 0 Å². The third kappa shape index (κ3) is 4.77. The zero-order valence-corrected chi connectivity index (χ0v) is 17.4. The number of carbonyl (C=O) groups excluding carboxylic acids is 1. The fourth-order valence-electron chi connectivity index (χ4n) is 3.22. The van der Waals surface area contributed by atoms with Gasteiger partial charge in [0.1, 0.15) is 5.75 Å². The largest absolute Gasteiger partial charge is 0.495 e. The van der Waals surface area contributed by atoms with Crippen LogP contribution in [0.15, 0.2) is 27.9 Å². The molecule has 1 atom stereocenters. The number of carboxylic acid groups (broad SMARTS) is 1. The number of thioether (sulfide) groups is 1. The molecule has 0 radical (unpaired) electrons. The third-order valence-corrected chi connectivity index (χ3v) is 6.68. The highest BCUT2D eigenvalue weighted by Crippen LogP contribution is 2.29. The van der Waals surface area contributed by atoms with Crippen molar-refractivity contribution in [3.63, 3.8) is 0 Å². The Hall–Kier alpha value is -2.26. The van der Waals surface area contributed by atoms with Crippen molar-refractivity contribution in [1.29, 1.82) is 0 Å². The summed E-state index contributed by atoms with van der Waals surface area (Å²) in [6.07, 6.45) is 1.38. The zero-order valence-electron chi connectivity index (χ0n) is 15.8. The Balaban J connectivity index is 1.55. The molecule has 0 spiro atoms. The van der Waals surface area contributed by atoms with Gasteiger partial charge in [-0.05, 0) is 25.0 Å². The average molecular weight is 422 g/mol. The van der Waals surface area contributed by atoms with Gasteiger partial charge in [-0.2, -0.15) is 0 Å². The molecule has 2 N–H and O–H groups in total. The molecule has 7 nitrogen and oxygen atoms in total. The summed E-state index contributed by atoms with van der Waals surface area (Å²) in [5, 5.41) is 13.9. The molecule has 2 heterocycles. The van der Waals surface area contributed by atoms with Gasteiger partial charge in [0.25, 0.3) is 0 Å². The number of amides is 1. The lowest BCUT2D eigenvalue weighted by molar-refractivity contribution is -0.128. The van der Waals surface area contributed by atoms with Crippen molar-refractivity contribution in [3.8, 4) is 5.75 Å². The molecule has 3 rings (SSSR count). The molecule has 1 aliphatic rings. The summed E-state index contributed by atoms with van der Waals surface area (Å²) in [6, 6.07) is 6.03. The van der Waals surface area contributed by atoms with Gasteiger partial charge in [0.05, 0.1) is 12.8 Å². The van der Waals surface area contributed by atoms with E-state index in [2.05, 4.69) is 10.3 Å². The summed E-state index contributed by atoms with van der Waals surface area (Å²) in [5.41, 5.74) is 2.13. The Morgan fingerprint density at radius 2 is 2.32 bits per heavy atom. The van der Waals surface area contributed by atoms with Crippen LogP contribution in [0.3, 0.4) is 0 Å². The molecule has 1 aromatic carbocycles. The maximum Gasteiger partial charge on any atom is 0.355 e. The van der Waals surface area contributed by atoms with Crippen LogP contribution >= 0.6 is 23.1 Å². The number of aryl methyl sites for hydroxylation is 1. The SMILES string of the molecule is COc1cccc(C)c1NC[C@H]1CCC(=O)N1CCSc1nc(C(=O)O)cs1. The lowest BCUT2D eigenvalue weighted by Gasteiger charge is -2.26. The number of nitrogens with one attached hydrogen (secondary N) is 1. The molecule has 1 saturated heterocycles.